The molecule has 0 spiro atoms. The zero-order valence-electron chi connectivity index (χ0n) is 16.5. The number of nitro groups is 1. The van der Waals surface area contributed by atoms with Crippen molar-refractivity contribution in [1.29, 1.82) is 0 Å². The van der Waals surface area contributed by atoms with Gasteiger partial charge in [-0.3, -0.25) is 19.7 Å². The summed E-state index contributed by atoms with van der Waals surface area (Å²) < 4.78 is 10.5. The Balaban J connectivity index is 1.83. The summed E-state index contributed by atoms with van der Waals surface area (Å²) in [6, 6.07) is 11.7. The van der Waals surface area contributed by atoms with Crippen LogP contribution in [0.25, 0.3) is 0 Å². The fourth-order valence-electron chi connectivity index (χ4n) is 4.29. The molecule has 2 aromatic rings. The predicted molar refractivity (Wildman–Crippen MR) is 106 cm³/mol. The molecule has 2 aromatic carbocycles. The van der Waals surface area contributed by atoms with Crippen LogP contribution in [0.5, 0.6) is 0 Å². The Morgan fingerprint density at radius 3 is 2.35 bits per heavy atom. The number of benzene rings is 2. The summed E-state index contributed by atoms with van der Waals surface area (Å²) >= 11 is 0. The maximum Gasteiger partial charge on any atom is 0.366 e. The Labute approximate surface area is 176 Å². The molecule has 9 nitrogen and oxygen atoms in total. The van der Waals surface area contributed by atoms with Gasteiger partial charge in [-0.05, 0) is 12.5 Å². The standard InChI is InChI=1S/C22H19NO8/c1-2-30-21(26)22(27)11-16(12-7-9-13(10-8-12)23(28)29)17-18(24)14-5-3-4-6-15(14)19(25)20(17)31-22/h3-10,16-17,20,27H,2,11H2,1H3/t16-,17?,20?,22?/m1/s1. The number of ether oxygens (including phenoxy) is 2. The van der Waals surface area contributed by atoms with Gasteiger partial charge in [0.05, 0.1) is 17.4 Å². The number of Topliss-reactive ketones (excluding diaryl/α,β-unsaturated/α-hetero) is 2. The number of aliphatic hydroxyl groups is 1. The lowest BCUT2D eigenvalue weighted by atomic mass is 9.67. The Kier molecular flexibility index (Phi) is 5.16. The number of carbonyl (C=O) groups excluding carboxylic acids is 3. The van der Waals surface area contributed by atoms with Gasteiger partial charge >= 0.3 is 5.97 Å². The van der Waals surface area contributed by atoms with Gasteiger partial charge in [-0.1, -0.05) is 36.4 Å². The van der Waals surface area contributed by atoms with E-state index in [4.69, 9.17) is 9.47 Å². The third kappa shape index (κ3) is 3.41. The van der Waals surface area contributed by atoms with Crippen molar-refractivity contribution >= 4 is 23.2 Å². The highest BCUT2D eigenvalue weighted by molar-refractivity contribution is 6.17. The fourth-order valence-corrected chi connectivity index (χ4v) is 4.29. The molecule has 9 heteroatoms. The van der Waals surface area contributed by atoms with Crippen molar-refractivity contribution in [1.82, 2.24) is 0 Å². The molecule has 0 amide bonds. The molecule has 160 valence electrons. The number of carbonyl (C=O) groups is 3. The molecule has 1 heterocycles. The minimum atomic E-state index is -2.44. The lowest BCUT2D eigenvalue weighted by Gasteiger charge is -2.45. The number of rotatable bonds is 4. The van der Waals surface area contributed by atoms with E-state index < -0.39 is 40.4 Å². The third-order valence-corrected chi connectivity index (χ3v) is 5.72. The van der Waals surface area contributed by atoms with Crippen molar-refractivity contribution in [2.75, 3.05) is 6.61 Å². The highest BCUT2D eigenvalue weighted by Crippen LogP contribution is 2.47. The zero-order valence-corrected chi connectivity index (χ0v) is 16.5. The molecule has 0 aromatic heterocycles. The summed E-state index contributed by atoms with van der Waals surface area (Å²) in [5.41, 5.74) is 0.715. The molecule has 4 atom stereocenters. The molecule has 0 saturated carbocycles. The van der Waals surface area contributed by atoms with Crippen molar-refractivity contribution in [3.63, 3.8) is 0 Å². The molecule has 1 aliphatic carbocycles. The van der Waals surface area contributed by atoms with E-state index in [0.29, 0.717) is 5.56 Å². The first-order valence-electron chi connectivity index (χ1n) is 9.76. The summed E-state index contributed by atoms with van der Waals surface area (Å²) in [7, 11) is 0. The average Bonchev–Trinajstić information content (AvgIpc) is 2.77. The molecule has 4 rings (SSSR count). The second-order valence-corrected chi connectivity index (χ2v) is 7.50. The van der Waals surface area contributed by atoms with Gasteiger partial charge in [0.1, 0.15) is 6.10 Å². The summed E-state index contributed by atoms with van der Waals surface area (Å²) in [5.74, 6) is -6.17. The second kappa shape index (κ2) is 7.68. The van der Waals surface area contributed by atoms with Gasteiger partial charge < -0.3 is 14.6 Å². The normalized spacial score (nSPS) is 27.2. The van der Waals surface area contributed by atoms with E-state index in [1.807, 2.05) is 0 Å². The topological polar surface area (TPSA) is 133 Å². The van der Waals surface area contributed by atoms with E-state index in [0.717, 1.165) is 0 Å². The molecule has 3 unspecified atom stereocenters. The van der Waals surface area contributed by atoms with Crippen LogP contribution >= 0.6 is 0 Å². The highest BCUT2D eigenvalue weighted by Gasteiger charge is 2.58. The Morgan fingerprint density at radius 2 is 1.77 bits per heavy atom. The van der Waals surface area contributed by atoms with Gasteiger partial charge in [0.2, 0.25) is 0 Å². The molecule has 1 N–H and O–H groups in total. The molecule has 1 fully saturated rings. The van der Waals surface area contributed by atoms with Gasteiger partial charge in [0.25, 0.3) is 11.5 Å². The predicted octanol–water partition coefficient (Wildman–Crippen LogP) is 2.41. The van der Waals surface area contributed by atoms with Gasteiger partial charge in [0.15, 0.2) is 11.6 Å². The van der Waals surface area contributed by atoms with Crippen LogP contribution in [0.4, 0.5) is 5.69 Å². The SMILES string of the molecule is CCOC(=O)C1(O)C[C@H](c2ccc([N+](=O)[O-])cc2)C2C(=O)c3ccccc3C(=O)C2O1. The van der Waals surface area contributed by atoms with Crippen LogP contribution in [0.2, 0.25) is 0 Å². The summed E-state index contributed by atoms with van der Waals surface area (Å²) in [6.45, 7) is 1.54. The smallest absolute Gasteiger partial charge is 0.366 e. The Hall–Kier alpha value is -3.43. The maximum atomic E-state index is 13.3. The van der Waals surface area contributed by atoms with Crippen molar-refractivity contribution in [2.45, 2.75) is 31.2 Å². The number of nitrogens with zero attached hydrogens (tertiary/aromatic N) is 1. The summed E-state index contributed by atoms with van der Waals surface area (Å²) in [6.07, 6.45) is -1.74. The fraction of sp³-hybridized carbons (Fsp3) is 0.318. The second-order valence-electron chi connectivity index (χ2n) is 7.50. The number of esters is 1. The molecule has 0 radical (unpaired) electrons. The first kappa shape index (κ1) is 20.8. The van der Waals surface area contributed by atoms with E-state index in [-0.39, 0.29) is 35.6 Å². The Morgan fingerprint density at radius 1 is 1.16 bits per heavy atom. The van der Waals surface area contributed by atoms with Crippen LogP contribution in [0.3, 0.4) is 0 Å². The first-order chi connectivity index (χ1) is 14.8. The molecule has 1 aliphatic heterocycles. The van der Waals surface area contributed by atoms with Crippen LogP contribution in [-0.2, 0) is 14.3 Å². The van der Waals surface area contributed by atoms with Gasteiger partial charge in [0, 0.05) is 35.6 Å². The van der Waals surface area contributed by atoms with E-state index in [1.54, 1.807) is 25.1 Å². The molecule has 1 saturated heterocycles. The van der Waals surface area contributed by atoms with E-state index in [9.17, 15) is 29.6 Å². The van der Waals surface area contributed by atoms with Crippen LogP contribution < -0.4 is 0 Å². The lowest BCUT2D eigenvalue weighted by Crippen LogP contribution is -2.59. The number of fused-ring (bicyclic) bond motifs is 2. The molecule has 2 aliphatic rings. The van der Waals surface area contributed by atoms with Crippen LogP contribution in [0, 0.1) is 16.0 Å². The van der Waals surface area contributed by atoms with Crippen molar-refractivity contribution in [3.8, 4) is 0 Å². The van der Waals surface area contributed by atoms with Crippen molar-refractivity contribution in [3.05, 3.63) is 75.3 Å². The molecular weight excluding hydrogens is 406 g/mol. The van der Waals surface area contributed by atoms with E-state index in [1.165, 1.54) is 30.3 Å². The Bertz CT molecular complexity index is 1080. The number of ketones is 2. The average molecular weight is 425 g/mol. The molecule has 31 heavy (non-hydrogen) atoms. The third-order valence-electron chi connectivity index (χ3n) is 5.72. The zero-order chi connectivity index (χ0) is 22.3. The number of hydrogen-bond donors (Lipinski definition) is 1. The molecule has 0 bridgehead atoms. The maximum absolute atomic E-state index is 13.3. The minimum Gasteiger partial charge on any atom is -0.462 e. The monoisotopic (exact) mass is 425 g/mol. The van der Waals surface area contributed by atoms with Gasteiger partial charge in [-0.25, -0.2) is 4.79 Å². The number of non-ortho nitro benzene ring substituents is 1. The highest BCUT2D eigenvalue weighted by atomic mass is 16.7. The van der Waals surface area contributed by atoms with Gasteiger partial charge in [-0.15, -0.1) is 0 Å². The summed E-state index contributed by atoms with van der Waals surface area (Å²) in [5, 5.41) is 22.0. The molecular formula is C22H19NO8. The lowest BCUT2D eigenvalue weighted by molar-refractivity contribution is -0.384. The van der Waals surface area contributed by atoms with Crippen molar-refractivity contribution < 1.29 is 33.9 Å². The summed E-state index contributed by atoms with van der Waals surface area (Å²) in [4.78, 5) is 49.4. The van der Waals surface area contributed by atoms with Crippen molar-refractivity contribution in [2.24, 2.45) is 5.92 Å². The van der Waals surface area contributed by atoms with Crippen LogP contribution in [0.15, 0.2) is 48.5 Å². The quantitative estimate of drug-likeness (QED) is 0.449. The van der Waals surface area contributed by atoms with Crippen LogP contribution in [-0.4, -0.2) is 46.1 Å². The van der Waals surface area contributed by atoms with Gasteiger partial charge in [-0.2, -0.15) is 0 Å². The van der Waals surface area contributed by atoms with E-state index >= 15 is 0 Å². The van der Waals surface area contributed by atoms with Crippen LogP contribution in [0.1, 0.15) is 45.5 Å². The first-order valence-corrected chi connectivity index (χ1v) is 9.76. The largest absolute Gasteiger partial charge is 0.462 e. The number of nitro benzene ring substituents is 1. The number of hydrogen-bond acceptors (Lipinski definition) is 8. The minimum absolute atomic E-state index is 0.0174. The van der Waals surface area contributed by atoms with E-state index in [2.05, 4.69) is 0 Å².